The average molecular weight is 285 g/mol. The fourth-order valence-corrected chi connectivity index (χ4v) is 3.27. The van der Waals surface area contributed by atoms with E-state index in [9.17, 15) is 0 Å². The van der Waals surface area contributed by atoms with Crippen LogP contribution in [0.1, 0.15) is 60.9 Å². The molecule has 1 aromatic heterocycles. The molecule has 2 atom stereocenters. The fourth-order valence-electron chi connectivity index (χ4n) is 3.27. The largest absolute Gasteiger partial charge is 0.304 e. The third-order valence-electron chi connectivity index (χ3n) is 4.32. The zero-order valence-electron chi connectivity index (χ0n) is 14.1. The molecule has 21 heavy (non-hydrogen) atoms. The zero-order valence-corrected chi connectivity index (χ0v) is 14.1. The lowest BCUT2D eigenvalue weighted by atomic mass is 10.00. The molecule has 0 saturated heterocycles. The first kappa shape index (κ1) is 15.8. The molecule has 114 valence electrons. The van der Waals surface area contributed by atoms with E-state index < -0.39 is 0 Å². The second-order valence-electron chi connectivity index (χ2n) is 5.87. The van der Waals surface area contributed by atoms with Crippen LogP contribution in [-0.4, -0.2) is 9.78 Å². The molecule has 0 aliphatic rings. The Bertz CT molecular complexity index is 613. The molecular formula is C18H27N3. The molecule has 0 fully saturated rings. The quantitative estimate of drug-likeness (QED) is 0.890. The van der Waals surface area contributed by atoms with Gasteiger partial charge in [-0.3, -0.25) is 4.68 Å². The average Bonchev–Trinajstić information content (AvgIpc) is 2.73. The van der Waals surface area contributed by atoms with Crippen molar-refractivity contribution >= 4 is 0 Å². The number of nitrogens with zero attached hydrogens (tertiary/aromatic N) is 2. The van der Waals surface area contributed by atoms with Crippen LogP contribution in [0.25, 0.3) is 0 Å². The molecule has 2 rings (SSSR count). The SMILES string of the molecule is CCn1nc(C)c(C(C)N[C@@H](C)c2ccccc2C)c1C. The highest BCUT2D eigenvalue weighted by molar-refractivity contribution is 5.31. The Morgan fingerprint density at radius 2 is 1.76 bits per heavy atom. The van der Waals surface area contributed by atoms with Gasteiger partial charge in [-0.2, -0.15) is 5.10 Å². The van der Waals surface area contributed by atoms with Crippen LogP contribution < -0.4 is 5.32 Å². The molecule has 1 unspecified atom stereocenters. The molecule has 0 bridgehead atoms. The van der Waals surface area contributed by atoms with Gasteiger partial charge in [-0.25, -0.2) is 0 Å². The van der Waals surface area contributed by atoms with E-state index in [-0.39, 0.29) is 0 Å². The van der Waals surface area contributed by atoms with Crippen LogP contribution in [0.15, 0.2) is 24.3 Å². The number of aromatic nitrogens is 2. The van der Waals surface area contributed by atoms with Crippen molar-refractivity contribution in [1.82, 2.24) is 15.1 Å². The number of nitrogens with one attached hydrogen (secondary N) is 1. The van der Waals surface area contributed by atoms with E-state index in [0.29, 0.717) is 12.1 Å². The molecule has 2 aromatic rings. The first-order chi connectivity index (χ1) is 9.95. The molecule has 1 N–H and O–H groups in total. The van der Waals surface area contributed by atoms with Crippen molar-refractivity contribution in [3.63, 3.8) is 0 Å². The van der Waals surface area contributed by atoms with Gasteiger partial charge >= 0.3 is 0 Å². The zero-order chi connectivity index (χ0) is 15.6. The van der Waals surface area contributed by atoms with Crippen molar-refractivity contribution in [3.05, 3.63) is 52.3 Å². The van der Waals surface area contributed by atoms with Crippen LogP contribution in [0.3, 0.4) is 0 Å². The van der Waals surface area contributed by atoms with E-state index in [0.717, 1.165) is 12.2 Å². The normalized spacial score (nSPS) is 14.2. The van der Waals surface area contributed by atoms with Crippen LogP contribution in [0.4, 0.5) is 0 Å². The molecule has 0 aliphatic heterocycles. The van der Waals surface area contributed by atoms with Crippen molar-refractivity contribution in [2.24, 2.45) is 0 Å². The summed E-state index contributed by atoms with van der Waals surface area (Å²) in [5.74, 6) is 0. The van der Waals surface area contributed by atoms with Gasteiger partial charge in [0.25, 0.3) is 0 Å². The Labute approximate surface area is 128 Å². The Kier molecular flexibility index (Phi) is 4.84. The van der Waals surface area contributed by atoms with Crippen LogP contribution in [0, 0.1) is 20.8 Å². The maximum absolute atomic E-state index is 4.62. The predicted octanol–water partition coefficient (Wildman–Crippen LogP) is 4.24. The summed E-state index contributed by atoms with van der Waals surface area (Å²) in [7, 11) is 0. The fraction of sp³-hybridized carbons (Fsp3) is 0.500. The summed E-state index contributed by atoms with van der Waals surface area (Å²) in [5, 5.41) is 8.34. The third kappa shape index (κ3) is 3.18. The summed E-state index contributed by atoms with van der Waals surface area (Å²) in [4.78, 5) is 0. The van der Waals surface area contributed by atoms with Crippen LogP contribution in [-0.2, 0) is 6.54 Å². The molecule has 0 radical (unpaired) electrons. The second-order valence-corrected chi connectivity index (χ2v) is 5.87. The third-order valence-corrected chi connectivity index (χ3v) is 4.32. The highest BCUT2D eigenvalue weighted by Gasteiger charge is 2.19. The summed E-state index contributed by atoms with van der Waals surface area (Å²) in [6.45, 7) is 14.0. The summed E-state index contributed by atoms with van der Waals surface area (Å²) < 4.78 is 2.08. The van der Waals surface area contributed by atoms with Crippen molar-refractivity contribution in [3.8, 4) is 0 Å². The molecule has 0 amide bonds. The summed E-state index contributed by atoms with van der Waals surface area (Å²) in [5.41, 5.74) is 6.43. The number of benzene rings is 1. The lowest BCUT2D eigenvalue weighted by Crippen LogP contribution is -2.24. The molecule has 0 saturated carbocycles. The maximum atomic E-state index is 4.62. The highest BCUT2D eigenvalue weighted by Crippen LogP contribution is 2.25. The molecule has 3 heteroatoms. The lowest BCUT2D eigenvalue weighted by Gasteiger charge is -2.22. The van der Waals surface area contributed by atoms with Gasteiger partial charge in [0.05, 0.1) is 5.69 Å². The van der Waals surface area contributed by atoms with E-state index in [1.165, 1.54) is 22.4 Å². The Balaban J connectivity index is 2.20. The first-order valence-electron chi connectivity index (χ1n) is 7.81. The maximum Gasteiger partial charge on any atom is 0.0644 e. The molecular weight excluding hydrogens is 258 g/mol. The van der Waals surface area contributed by atoms with Crippen molar-refractivity contribution in [2.75, 3.05) is 0 Å². The Morgan fingerprint density at radius 1 is 1.10 bits per heavy atom. The molecule has 1 heterocycles. The van der Waals surface area contributed by atoms with E-state index >= 15 is 0 Å². The number of hydrogen-bond acceptors (Lipinski definition) is 2. The van der Waals surface area contributed by atoms with E-state index in [1.54, 1.807) is 0 Å². The van der Waals surface area contributed by atoms with Crippen molar-refractivity contribution < 1.29 is 0 Å². The molecule has 0 aliphatic carbocycles. The van der Waals surface area contributed by atoms with Crippen LogP contribution in [0.2, 0.25) is 0 Å². The molecule has 1 aromatic carbocycles. The summed E-state index contributed by atoms with van der Waals surface area (Å²) in [6.07, 6.45) is 0. The highest BCUT2D eigenvalue weighted by atomic mass is 15.3. The van der Waals surface area contributed by atoms with Gasteiger partial charge in [-0.05, 0) is 52.7 Å². The van der Waals surface area contributed by atoms with Gasteiger partial charge in [-0.15, -0.1) is 0 Å². The van der Waals surface area contributed by atoms with Crippen LogP contribution in [0.5, 0.6) is 0 Å². The van der Waals surface area contributed by atoms with Gasteiger partial charge in [0.1, 0.15) is 0 Å². The van der Waals surface area contributed by atoms with Crippen LogP contribution >= 0.6 is 0 Å². The minimum absolute atomic E-state index is 0.292. The minimum atomic E-state index is 0.292. The van der Waals surface area contributed by atoms with E-state index in [1.807, 2.05) is 0 Å². The summed E-state index contributed by atoms with van der Waals surface area (Å²) in [6, 6.07) is 9.19. The number of rotatable bonds is 5. The lowest BCUT2D eigenvalue weighted by molar-refractivity contribution is 0.489. The number of aryl methyl sites for hydroxylation is 3. The molecule has 3 nitrogen and oxygen atoms in total. The predicted molar refractivity (Wildman–Crippen MR) is 88.5 cm³/mol. The number of hydrogen-bond donors (Lipinski definition) is 1. The van der Waals surface area contributed by atoms with E-state index in [2.05, 4.69) is 80.9 Å². The second kappa shape index (κ2) is 6.44. The standard InChI is InChI=1S/C18H27N3/c1-7-21-16(6)18(15(5)20-21)14(4)19-13(3)17-11-9-8-10-12(17)2/h8-11,13-14,19H,7H2,1-6H3/t13-,14?/m0/s1. The summed E-state index contributed by atoms with van der Waals surface area (Å²) >= 11 is 0. The van der Waals surface area contributed by atoms with Crippen molar-refractivity contribution in [1.29, 1.82) is 0 Å². The van der Waals surface area contributed by atoms with Gasteiger partial charge in [0.15, 0.2) is 0 Å². The van der Waals surface area contributed by atoms with Gasteiger partial charge in [-0.1, -0.05) is 24.3 Å². The topological polar surface area (TPSA) is 29.9 Å². The monoisotopic (exact) mass is 285 g/mol. The Hall–Kier alpha value is -1.61. The molecule has 0 spiro atoms. The van der Waals surface area contributed by atoms with Gasteiger partial charge in [0, 0.05) is 29.9 Å². The Morgan fingerprint density at radius 3 is 2.33 bits per heavy atom. The minimum Gasteiger partial charge on any atom is -0.304 e. The van der Waals surface area contributed by atoms with E-state index in [4.69, 9.17) is 0 Å². The smallest absolute Gasteiger partial charge is 0.0644 e. The van der Waals surface area contributed by atoms with Crippen molar-refractivity contribution in [2.45, 2.75) is 60.2 Å². The van der Waals surface area contributed by atoms with Gasteiger partial charge < -0.3 is 5.32 Å². The first-order valence-corrected chi connectivity index (χ1v) is 7.81. The van der Waals surface area contributed by atoms with Gasteiger partial charge in [0.2, 0.25) is 0 Å².